The minimum Gasteiger partial charge on any atom is -0.477 e. The van der Waals surface area contributed by atoms with Crippen molar-refractivity contribution in [1.82, 2.24) is 19.9 Å². The number of aliphatic carboxylic acids is 1. The van der Waals surface area contributed by atoms with E-state index < -0.39 is 39.2 Å². The van der Waals surface area contributed by atoms with Crippen LogP contribution < -0.4 is 15.8 Å². The van der Waals surface area contributed by atoms with Crippen LogP contribution in [-0.4, -0.2) is 78.2 Å². The number of thiazole rings is 1. The van der Waals surface area contributed by atoms with Crippen molar-refractivity contribution in [2.24, 2.45) is 5.16 Å². The number of thioether (sulfide) groups is 1. The number of amides is 2. The van der Waals surface area contributed by atoms with E-state index >= 15 is 0 Å². The second kappa shape index (κ2) is 10.5. The van der Waals surface area contributed by atoms with E-state index in [4.69, 9.17) is 10.6 Å². The summed E-state index contributed by atoms with van der Waals surface area (Å²) >= 11 is 2.39. The average Bonchev–Trinajstić information content (AvgIpc) is 3.31. The van der Waals surface area contributed by atoms with Gasteiger partial charge in [0, 0.05) is 11.1 Å². The van der Waals surface area contributed by atoms with Crippen LogP contribution in [0.5, 0.6) is 0 Å². The van der Waals surface area contributed by atoms with Crippen molar-refractivity contribution in [3.05, 3.63) is 52.2 Å². The Balaban J connectivity index is 1.55. The van der Waals surface area contributed by atoms with E-state index in [1.54, 1.807) is 12.1 Å². The van der Waals surface area contributed by atoms with E-state index in [1.165, 1.54) is 43.4 Å². The zero-order valence-electron chi connectivity index (χ0n) is 19.5. The van der Waals surface area contributed by atoms with Crippen LogP contribution in [0.25, 0.3) is 0 Å². The molecule has 2 atom stereocenters. The third kappa shape index (κ3) is 5.18. The third-order valence-corrected chi connectivity index (χ3v) is 9.02. The summed E-state index contributed by atoms with van der Waals surface area (Å²) in [7, 11) is -1.13. The Morgan fingerprint density at radius 2 is 2.14 bits per heavy atom. The number of nitrogen functional groups attached to an aromatic ring is 1. The number of aromatic nitrogens is 1. The molecular weight excluding hydrogens is 544 g/mol. The summed E-state index contributed by atoms with van der Waals surface area (Å²) in [6.45, 7) is 0. The van der Waals surface area contributed by atoms with Crippen molar-refractivity contribution in [2.45, 2.75) is 22.7 Å². The maximum atomic E-state index is 13.0. The Labute approximate surface area is 219 Å². The van der Waals surface area contributed by atoms with Crippen LogP contribution in [0.3, 0.4) is 0 Å². The summed E-state index contributed by atoms with van der Waals surface area (Å²) in [6, 6.07) is 5.14. The monoisotopic (exact) mass is 566 g/mol. The van der Waals surface area contributed by atoms with E-state index in [2.05, 4.69) is 20.2 Å². The molecule has 37 heavy (non-hydrogen) atoms. The molecule has 1 aromatic carbocycles. The predicted molar refractivity (Wildman–Crippen MR) is 136 cm³/mol. The van der Waals surface area contributed by atoms with Crippen LogP contribution in [-0.2, 0) is 35.7 Å². The number of carbonyl (C=O) groups excluding carboxylic acids is 2. The molecule has 4 rings (SSSR count). The lowest BCUT2D eigenvalue weighted by Crippen LogP contribution is -2.71. The van der Waals surface area contributed by atoms with Gasteiger partial charge in [-0.25, -0.2) is 22.9 Å². The zero-order valence-corrected chi connectivity index (χ0v) is 21.9. The summed E-state index contributed by atoms with van der Waals surface area (Å²) in [4.78, 5) is 48.0. The number of rotatable bonds is 9. The number of carboxylic acids is 1. The number of β-lactam (4-membered cyclic amide) rings is 1. The molecule has 1 aromatic heterocycles. The molecule has 196 valence electrons. The van der Waals surface area contributed by atoms with Crippen molar-refractivity contribution in [1.29, 1.82) is 0 Å². The van der Waals surface area contributed by atoms with E-state index in [-0.39, 0.29) is 39.3 Å². The lowest BCUT2D eigenvalue weighted by Gasteiger charge is -2.49. The molecule has 0 saturated carbocycles. The fourth-order valence-corrected chi connectivity index (χ4v) is 6.60. The Bertz CT molecular complexity index is 1440. The largest absolute Gasteiger partial charge is 0.477 e. The standard InChI is InChI=1S/C21H22N6O7S3/c1-23-37(32,33)12-5-3-4-10(7-12)6-11-8-35-19-15(18(29)27(19)16(11)20(30)31)25-17(28)14(26-34-2)13-9-36-21(22)24-13/h3-5,7,9,15,19,23H,6,8H2,1-2H3,(H2,22,24)(H,25,28)(H,30,31). The van der Waals surface area contributed by atoms with Gasteiger partial charge in [-0.05, 0) is 36.7 Å². The maximum absolute atomic E-state index is 13.0. The molecule has 16 heteroatoms. The fourth-order valence-electron chi connectivity index (χ4n) is 3.91. The Morgan fingerprint density at radius 3 is 2.76 bits per heavy atom. The Kier molecular flexibility index (Phi) is 7.54. The molecule has 0 spiro atoms. The number of hydrogen-bond donors (Lipinski definition) is 4. The molecule has 2 aliphatic heterocycles. The number of sulfonamides is 1. The summed E-state index contributed by atoms with van der Waals surface area (Å²) in [5.74, 6) is -2.36. The molecule has 0 radical (unpaired) electrons. The van der Waals surface area contributed by atoms with E-state index in [0.29, 0.717) is 11.1 Å². The first-order chi connectivity index (χ1) is 17.6. The normalized spacial score (nSPS) is 19.8. The molecule has 2 unspecified atom stereocenters. The third-order valence-electron chi connectivity index (χ3n) is 5.59. The van der Waals surface area contributed by atoms with Crippen LogP contribution in [0.4, 0.5) is 5.13 Å². The quantitative estimate of drug-likeness (QED) is 0.182. The lowest BCUT2D eigenvalue weighted by atomic mass is 9.99. The molecule has 1 saturated heterocycles. The highest BCUT2D eigenvalue weighted by Gasteiger charge is 2.54. The van der Waals surface area contributed by atoms with Gasteiger partial charge < -0.3 is 21.0 Å². The van der Waals surface area contributed by atoms with Gasteiger partial charge in [0.1, 0.15) is 29.9 Å². The van der Waals surface area contributed by atoms with E-state index in [1.807, 2.05) is 0 Å². The number of oxime groups is 1. The maximum Gasteiger partial charge on any atom is 0.352 e. The average molecular weight is 567 g/mol. The second-order valence-electron chi connectivity index (χ2n) is 7.84. The Hall–Kier alpha value is -3.47. The number of anilines is 1. The number of nitrogens with zero attached hydrogens (tertiary/aromatic N) is 3. The molecule has 0 aliphatic carbocycles. The van der Waals surface area contributed by atoms with Crippen LogP contribution in [0.15, 0.2) is 51.0 Å². The van der Waals surface area contributed by atoms with Gasteiger partial charge in [0.05, 0.1) is 4.90 Å². The molecule has 2 aromatic rings. The summed E-state index contributed by atoms with van der Waals surface area (Å²) < 4.78 is 26.5. The zero-order chi connectivity index (χ0) is 26.9. The van der Waals surface area contributed by atoms with Gasteiger partial charge in [-0.3, -0.25) is 14.5 Å². The first-order valence-electron chi connectivity index (χ1n) is 10.6. The van der Waals surface area contributed by atoms with Gasteiger partial charge in [-0.1, -0.05) is 17.3 Å². The number of hydrogen-bond acceptors (Lipinski definition) is 11. The number of benzene rings is 1. The van der Waals surface area contributed by atoms with Crippen molar-refractivity contribution < 1.29 is 32.7 Å². The molecule has 13 nitrogen and oxygen atoms in total. The molecule has 2 amide bonds. The van der Waals surface area contributed by atoms with Crippen LogP contribution in [0, 0.1) is 0 Å². The molecular formula is C21H22N6O7S3. The SMILES string of the molecule is CNS(=O)(=O)c1cccc(CC2=C(C(=O)O)N3C(=O)C(NC(=O)C(=NOC)c4csc(N)n4)C3SC2)c1. The van der Waals surface area contributed by atoms with Gasteiger partial charge >= 0.3 is 5.97 Å². The topological polar surface area (TPSA) is 193 Å². The predicted octanol–water partition coefficient (Wildman–Crippen LogP) is -0.0348. The van der Waals surface area contributed by atoms with Crippen molar-refractivity contribution in [3.8, 4) is 0 Å². The van der Waals surface area contributed by atoms with Gasteiger partial charge in [-0.15, -0.1) is 23.1 Å². The first kappa shape index (κ1) is 26.6. The van der Waals surface area contributed by atoms with E-state index in [9.17, 15) is 27.9 Å². The minimum atomic E-state index is -3.68. The Morgan fingerprint density at radius 1 is 1.38 bits per heavy atom. The summed E-state index contributed by atoms with van der Waals surface area (Å²) in [5.41, 5.74) is 6.48. The van der Waals surface area contributed by atoms with Crippen LogP contribution >= 0.6 is 23.1 Å². The first-order valence-corrected chi connectivity index (χ1v) is 14.0. The number of carboxylic acid groups (broad SMARTS) is 1. The van der Waals surface area contributed by atoms with Crippen LogP contribution in [0.1, 0.15) is 11.3 Å². The highest BCUT2D eigenvalue weighted by molar-refractivity contribution is 8.00. The smallest absolute Gasteiger partial charge is 0.352 e. The summed E-state index contributed by atoms with van der Waals surface area (Å²) in [5, 5.41) is 17.3. The van der Waals surface area contributed by atoms with Gasteiger partial charge in [0.2, 0.25) is 10.0 Å². The fraction of sp³-hybridized carbons (Fsp3) is 0.286. The lowest BCUT2D eigenvalue weighted by molar-refractivity contribution is -0.150. The number of fused-ring (bicyclic) bond motifs is 1. The highest BCUT2D eigenvalue weighted by Crippen LogP contribution is 2.41. The highest BCUT2D eigenvalue weighted by atomic mass is 32.2. The molecule has 2 aliphatic rings. The van der Waals surface area contributed by atoms with E-state index in [0.717, 1.165) is 16.2 Å². The van der Waals surface area contributed by atoms with Crippen molar-refractivity contribution >= 4 is 61.7 Å². The number of nitrogens with one attached hydrogen (secondary N) is 2. The van der Waals surface area contributed by atoms with Gasteiger partial charge in [0.25, 0.3) is 11.8 Å². The minimum absolute atomic E-state index is 0.0458. The molecule has 3 heterocycles. The van der Waals surface area contributed by atoms with Crippen LogP contribution in [0.2, 0.25) is 0 Å². The molecule has 5 N–H and O–H groups in total. The second-order valence-corrected chi connectivity index (χ2v) is 11.7. The van der Waals surface area contributed by atoms with Crippen molar-refractivity contribution in [2.75, 3.05) is 25.6 Å². The van der Waals surface area contributed by atoms with Gasteiger partial charge in [0.15, 0.2) is 10.8 Å². The van der Waals surface area contributed by atoms with Gasteiger partial charge in [-0.2, -0.15) is 0 Å². The number of nitrogens with two attached hydrogens (primary N) is 1. The van der Waals surface area contributed by atoms with Crippen molar-refractivity contribution in [3.63, 3.8) is 0 Å². The molecule has 1 fully saturated rings. The molecule has 0 bridgehead atoms. The summed E-state index contributed by atoms with van der Waals surface area (Å²) in [6.07, 6.45) is 0.130. The number of carbonyl (C=O) groups is 3.